The highest BCUT2D eigenvalue weighted by molar-refractivity contribution is 5.96. The molecule has 3 aromatic heterocycles. The van der Waals surface area contributed by atoms with Crippen molar-refractivity contribution in [2.75, 3.05) is 30.9 Å². The minimum atomic E-state index is -0.206. The van der Waals surface area contributed by atoms with Crippen LogP contribution in [0.4, 0.5) is 5.82 Å². The van der Waals surface area contributed by atoms with Gasteiger partial charge in [0.25, 0.3) is 5.91 Å². The van der Waals surface area contributed by atoms with Crippen LogP contribution < -0.4 is 10.7 Å². The summed E-state index contributed by atoms with van der Waals surface area (Å²) >= 11 is 0. The number of carbonyl (C=O) groups excluding carboxylic acids is 2. The lowest BCUT2D eigenvalue weighted by Gasteiger charge is -2.38. The van der Waals surface area contributed by atoms with Gasteiger partial charge in [-0.15, -0.1) is 0 Å². The number of aldehydes is 1. The quantitative estimate of drug-likeness (QED) is 0.304. The third kappa shape index (κ3) is 4.84. The topological polar surface area (TPSA) is 130 Å². The number of imidazole rings is 1. The summed E-state index contributed by atoms with van der Waals surface area (Å²) in [5, 5.41) is 12.2. The van der Waals surface area contributed by atoms with E-state index in [2.05, 4.69) is 9.99 Å². The average molecular weight is 548 g/mol. The van der Waals surface area contributed by atoms with Crippen LogP contribution in [0.25, 0.3) is 33.8 Å². The minimum Gasteiger partial charge on any atom is -0.507 e. The van der Waals surface area contributed by atoms with Gasteiger partial charge >= 0.3 is 0 Å². The summed E-state index contributed by atoms with van der Waals surface area (Å²) in [6.07, 6.45) is 3.64. The van der Waals surface area contributed by atoms with Crippen LogP contribution in [0.2, 0.25) is 0 Å². The van der Waals surface area contributed by atoms with Gasteiger partial charge in [-0.3, -0.25) is 9.59 Å². The Morgan fingerprint density at radius 3 is 2.51 bits per heavy atom. The lowest BCUT2D eigenvalue weighted by Crippen LogP contribution is -2.49. The fraction of sp³-hybridized carbons (Fsp3) is 0.194. The molecular weight excluding hydrogens is 518 g/mol. The standard InChI is InChI=1S/C31H29N7O3/c1-36(31(41)21-9-10-22(19-39)27(40)18-21)23-13-16-37(17-14-23)38-29(24-8-5-15-33-28(24)32)35-26-12-11-25(34-30(26)38)20-6-3-2-4-7-20/h2-12,15,18-19,23,40H,13-14,16-17H2,1H3,(H2,32,33). The summed E-state index contributed by atoms with van der Waals surface area (Å²) in [7, 11) is 1.77. The number of carbonyl (C=O) groups is 2. The molecule has 206 valence electrons. The zero-order chi connectivity index (χ0) is 28.5. The number of aromatic nitrogens is 4. The van der Waals surface area contributed by atoms with Gasteiger partial charge in [0.15, 0.2) is 17.8 Å². The molecule has 0 atom stereocenters. The molecule has 4 heterocycles. The second kappa shape index (κ2) is 10.7. The van der Waals surface area contributed by atoms with Crippen molar-refractivity contribution in [1.82, 2.24) is 24.5 Å². The van der Waals surface area contributed by atoms with Crippen LogP contribution in [-0.4, -0.2) is 68.0 Å². The first-order valence-corrected chi connectivity index (χ1v) is 13.4. The van der Waals surface area contributed by atoms with Gasteiger partial charge in [0.1, 0.15) is 17.1 Å². The van der Waals surface area contributed by atoms with Crippen LogP contribution in [-0.2, 0) is 0 Å². The lowest BCUT2D eigenvalue weighted by atomic mass is 10.0. The number of nitrogen functional groups attached to an aromatic ring is 1. The Kier molecular flexibility index (Phi) is 6.80. The molecule has 0 spiro atoms. The van der Waals surface area contributed by atoms with Crippen LogP contribution in [0.5, 0.6) is 5.75 Å². The van der Waals surface area contributed by atoms with Gasteiger partial charge in [-0.05, 0) is 55.3 Å². The smallest absolute Gasteiger partial charge is 0.253 e. The molecule has 1 aliphatic rings. The van der Waals surface area contributed by atoms with Gasteiger partial charge in [-0.25, -0.2) is 19.6 Å². The van der Waals surface area contributed by atoms with Crippen molar-refractivity contribution in [3.63, 3.8) is 0 Å². The van der Waals surface area contributed by atoms with Crippen molar-refractivity contribution in [2.45, 2.75) is 18.9 Å². The maximum Gasteiger partial charge on any atom is 0.253 e. The molecule has 1 fully saturated rings. The number of pyridine rings is 2. The van der Waals surface area contributed by atoms with E-state index >= 15 is 0 Å². The molecule has 2 aromatic carbocycles. The summed E-state index contributed by atoms with van der Waals surface area (Å²) in [6, 6.07) is 22.0. The van der Waals surface area contributed by atoms with Crippen LogP contribution in [0.1, 0.15) is 33.6 Å². The zero-order valence-corrected chi connectivity index (χ0v) is 22.5. The number of fused-ring (bicyclic) bond motifs is 1. The Labute approximate surface area is 236 Å². The number of phenols is 1. The third-order valence-corrected chi connectivity index (χ3v) is 7.63. The molecule has 5 aromatic rings. The maximum atomic E-state index is 13.2. The molecule has 0 saturated carbocycles. The highest BCUT2D eigenvalue weighted by Gasteiger charge is 2.29. The second-order valence-corrected chi connectivity index (χ2v) is 10.1. The van der Waals surface area contributed by atoms with Gasteiger partial charge in [0.2, 0.25) is 0 Å². The highest BCUT2D eigenvalue weighted by atomic mass is 16.3. The third-order valence-electron chi connectivity index (χ3n) is 7.63. The van der Waals surface area contributed by atoms with E-state index in [1.807, 2.05) is 59.3 Å². The molecule has 6 rings (SSSR count). The summed E-state index contributed by atoms with van der Waals surface area (Å²) in [5.41, 5.74) is 10.8. The molecule has 0 bridgehead atoms. The molecule has 10 heteroatoms. The van der Waals surface area contributed by atoms with Crippen molar-refractivity contribution < 1.29 is 14.7 Å². The molecule has 0 aliphatic carbocycles. The number of hydrogen-bond donors (Lipinski definition) is 2. The van der Waals surface area contributed by atoms with E-state index in [0.29, 0.717) is 49.4 Å². The number of nitrogens with zero attached hydrogens (tertiary/aromatic N) is 6. The number of phenolic OH excluding ortho intramolecular Hbond substituents is 1. The van der Waals surface area contributed by atoms with E-state index in [9.17, 15) is 14.7 Å². The second-order valence-electron chi connectivity index (χ2n) is 10.1. The summed E-state index contributed by atoms with van der Waals surface area (Å²) < 4.78 is 2.03. The van der Waals surface area contributed by atoms with Crippen LogP contribution in [0, 0.1) is 0 Å². The molecule has 3 N–H and O–H groups in total. The number of anilines is 1. The minimum absolute atomic E-state index is 0.0128. The predicted molar refractivity (Wildman–Crippen MR) is 157 cm³/mol. The average Bonchev–Trinajstić information content (AvgIpc) is 3.39. The molecule has 0 unspecified atom stereocenters. The van der Waals surface area contributed by atoms with E-state index in [4.69, 9.17) is 15.7 Å². The fourth-order valence-electron chi connectivity index (χ4n) is 5.35. The van der Waals surface area contributed by atoms with Gasteiger partial charge < -0.3 is 20.7 Å². The molecule has 1 amide bonds. The Morgan fingerprint density at radius 2 is 1.80 bits per heavy atom. The van der Waals surface area contributed by atoms with Crippen molar-refractivity contribution in [3.8, 4) is 28.4 Å². The summed E-state index contributed by atoms with van der Waals surface area (Å²) in [6.45, 7) is 1.29. The zero-order valence-electron chi connectivity index (χ0n) is 22.5. The van der Waals surface area contributed by atoms with Gasteiger partial charge in [-0.1, -0.05) is 30.3 Å². The number of aromatic hydroxyl groups is 1. The Balaban J connectivity index is 1.31. The molecule has 0 radical (unpaired) electrons. The number of piperidine rings is 1. The van der Waals surface area contributed by atoms with Crippen LogP contribution in [0.3, 0.4) is 0 Å². The molecule has 10 nitrogen and oxygen atoms in total. The molecule has 1 aliphatic heterocycles. The first-order chi connectivity index (χ1) is 19.9. The monoisotopic (exact) mass is 547 g/mol. The van der Waals surface area contributed by atoms with Crippen molar-refractivity contribution in [1.29, 1.82) is 0 Å². The number of hydrogen-bond acceptors (Lipinski definition) is 8. The Morgan fingerprint density at radius 1 is 1.02 bits per heavy atom. The SMILES string of the molecule is CN(C(=O)c1ccc(C=O)c(O)c1)C1CCN(n2c(-c3cccnc3N)nc3ccc(-c4ccccc4)nc32)CC1. The van der Waals surface area contributed by atoms with E-state index < -0.39 is 0 Å². The van der Waals surface area contributed by atoms with Crippen molar-refractivity contribution >= 4 is 29.2 Å². The summed E-state index contributed by atoms with van der Waals surface area (Å²) in [5.74, 6) is 0.640. The van der Waals surface area contributed by atoms with Gasteiger partial charge in [0.05, 0.1) is 16.8 Å². The van der Waals surface area contributed by atoms with E-state index in [1.165, 1.54) is 12.1 Å². The lowest BCUT2D eigenvalue weighted by molar-refractivity contribution is 0.0703. The number of amides is 1. The Hall–Kier alpha value is -5.25. The number of nitrogens with two attached hydrogens (primary N) is 1. The Bertz CT molecular complexity index is 1740. The highest BCUT2D eigenvalue weighted by Crippen LogP contribution is 2.31. The molecular formula is C31H29N7O3. The van der Waals surface area contributed by atoms with E-state index in [-0.39, 0.29) is 23.3 Å². The van der Waals surface area contributed by atoms with Crippen molar-refractivity contribution in [3.05, 3.63) is 90.1 Å². The molecule has 1 saturated heterocycles. The normalized spacial score (nSPS) is 13.8. The van der Waals surface area contributed by atoms with Crippen LogP contribution >= 0.6 is 0 Å². The van der Waals surface area contributed by atoms with Gasteiger partial charge in [0, 0.05) is 43.5 Å². The first-order valence-electron chi connectivity index (χ1n) is 13.4. The van der Waals surface area contributed by atoms with Gasteiger partial charge in [-0.2, -0.15) is 0 Å². The number of benzene rings is 2. The predicted octanol–water partition coefficient (Wildman–Crippen LogP) is 4.13. The fourth-order valence-corrected chi connectivity index (χ4v) is 5.35. The van der Waals surface area contributed by atoms with Crippen LogP contribution in [0.15, 0.2) is 79.0 Å². The maximum absolute atomic E-state index is 13.2. The van der Waals surface area contributed by atoms with E-state index in [1.54, 1.807) is 24.2 Å². The first kappa shape index (κ1) is 26.0. The van der Waals surface area contributed by atoms with E-state index in [0.717, 1.165) is 28.0 Å². The number of rotatable bonds is 6. The molecule has 41 heavy (non-hydrogen) atoms. The summed E-state index contributed by atoms with van der Waals surface area (Å²) in [4.78, 5) is 40.2. The largest absolute Gasteiger partial charge is 0.507 e. The van der Waals surface area contributed by atoms with Crippen molar-refractivity contribution in [2.24, 2.45) is 0 Å².